The molecule has 0 unspecified atom stereocenters. The van der Waals surface area contributed by atoms with E-state index in [0.29, 0.717) is 17.3 Å². The molecule has 1 aromatic carbocycles. The fourth-order valence-corrected chi connectivity index (χ4v) is 3.14. The van der Waals surface area contributed by atoms with Crippen LogP contribution < -0.4 is 5.56 Å². The van der Waals surface area contributed by atoms with Gasteiger partial charge in [-0.1, -0.05) is 19.1 Å². The van der Waals surface area contributed by atoms with Crippen molar-refractivity contribution in [3.8, 4) is 0 Å². The molecule has 7 heteroatoms. The van der Waals surface area contributed by atoms with Gasteiger partial charge in [0.2, 0.25) is 5.28 Å². The molecule has 0 radical (unpaired) electrons. The van der Waals surface area contributed by atoms with Crippen LogP contribution in [0, 0.1) is 0 Å². The number of benzene rings is 1. The predicted molar refractivity (Wildman–Crippen MR) is 84.7 cm³/mol. The van der Waals surface area contributed by atoms with Crippen LogP contribution in [-0.2, 0) is 22.8 Å². The Kier molecular flexibility index (Phi) is 4.68. The van der Waals surface area contributed by atoms with Gasteiger partial charge in [-0.15, -0.1) is 0 Å². The number of hydrogen-bond acceptors (Lipinski definition) is 4. The second-order valence-corrected chi connectivity index (χ2v) is 7.59. The number of aryl methyl sites for hydroxylation is 1. The molecule has 114 valence electrons. The normalized spacial score (nSPS) is 12.0. The largest absolute Gasteiger partial charge is 0.283 e. The van der Waals surface area contributed by atoms with E-state index in [2.05, 4.69) is 4.98 Å². The maximum Gasteiger partial charge on any atom is 0.262 e. The summed E-state index contributed by atoms with van der Waals surface area (Å²) in [6.45, 7) is 2.23. The summed E-state index contributed by atoms with van der Waals surface area (Å²) in [5.74, 6) is 0.0167. The highest BCUT2D eigenvalue weighted by Crippen LogP contribution is 2.17. The van der Waals surface area contributed by atoms with Crippen molar-refractivity contribution in [2.45, 2.75) is 26.3 Å². The van der Waals surface area contributed by atoms with Crippen molar-refractivity contribution in [1.29, 1.82) is 0 Å². The number of rotatable bonds is 5. The Bertz CT molecular complexity index is 828. The van der Waals surface area contributed by atoms with E-state index in [-0.39, 0.29) is 23.1 Å². The Morgan fingerprint density at radius 1 is 1.33 bits per heavy atom. The highest BCUT2D eigenvalue weighted by atomic mass is 35.5. The summed E-state index contributed by atoms with van der Waals surface area (Å²) in [6.07, 6.45) is 2.26. The molecule has 21 heavy (non-hydrogen) atoms. The molecule has 0 fully saturated rings. The molecule has 0 aliphatic carbocycles. The minimum atomic E-state index is -3.05. The lowest BCUT2D eigenvalue weighted by Crippen LogP contribution is -2.23. The number of sulfone groups is 1. The molecule has 1 heterocycles. The van der Waals surface area contributed by atoms with Crippen molar-refractivity contribution >= 4 is 32.3 Å². The summed E-state index contributed by atoms with van der Waals surface area (Å²) in [4.78, 5) is 16.8. The molecule has 0 spiro atoms. The molecule has 5 nitrogen and oxygen atoms in total. The molecular formula is C14H17ClN2O3S. The summed E-state index contributed by atoms with van der Waals surface area (Å²) in [6, 6.07) is 5.45. The van der Waals surface area contributed by atoms with E-state index >= 15 is 0 Å². The number of halogens is 1. The molecule has 0 atom stereocenters. The third kappa shape index (κ3) is 3.63. The average Bonchev–Trinajstić information content (AvgIpc) is 2.40. The zero-order valence-corrected chi connectivity index (χ0v) is 13.5. The van der Waals surface area contributed by atoms with Gasteiger partial charge in [-0.2, -0.15) is 0 Å². The summed E-state index contributed by atoms with van der Waals surface area (Å²) in [5, 5.41) is 0.611. The lowest BCUT2D eigenvalue weighted by Gasteiger charge is -2.10. The van der Waals surface area contributed by atoms with Crippen LogP contribution in [0.4, 0.5) is 0 Å². The van der Waals surface area contributed by atoms with Gasteiger partial charge in [-0.3, -0.25) is 9.36 Å². The van der Waals surface area contributed by atoms with Gasteiger partial charge in [0.15, 0.2) is 0 Å². The van der Waals surface area contributed by atoms with Crippen LogP contribution in [0.5, 0.6) is 0 Å². The average molecular weight is 329 g/mol. The quantitative estimate of drug-likeness (QED) is 0.788. The number of fused-ring (bicyclic) bond motifs is 1. The lowest BCUT2D eigenvalue weighted by molar-refractivity contribution is 0.588. The summed E-state index contributed by atoms with van der Waals surface area (Å²) < 4.78 is 23.6. The van der Waals surface area contributed by atoms with E-state index in [1.807, 2.05) is 19.1 Å². The summed E-state index contributed by atoms with van der Waals surface area (Å²) in [7, 11) is -3.05. The van der Waals surface area contributed by atoms with Crippen molar-refractivity contribution in [2.75, 3.05) is 12.0 Å². The molecule has 0 saturated carbocycles. The lowest BCUT2D eigenvalue weighted by atomic mass is 10.1. The molecule has 2 aromatic rings. The minimum absolute atomic E-state index is 0.0167. The number of nitrogens with zero attached hydrogens (tertiary/aromatic N) is 2. The van der Waals surface area contributed by atoms with E-state index < -0.39 is 9.84 Å². The van der Waals surface area contributed by atoms with Crippen LogP contribution in [0.1, 0.15) is 18.9 Å². The Labute approximate surface area is 128 Å². The van der Waals surface area contributed by atoms with Gasteiger partial charge in [0.1, 0.15) is 9.84 Å². The van der Waals surface area contributed by atoms with Gasteiger partial charge in [0.25, 0.3) is 5.56 Å². The zero-order chi connectivity index (χ0) is 15.6. The molecule has 0 aliphatic heterocycles. The first-order valence-corrected chi connectivity index (χ1v) is 9.13. The van der Waals surface area contributed by atoms with Crippen LogP contribution >= 0.6 is 11.6 Å². The smallest absolute Gasteiger partial charge is 0.262 e. The Morgan fingerprint density at radius 2 is 2.05 bits per heavy atom. The standard InChI is InChI=1S/C14H17ClN2O3S/c1-3-10-6-4-7-11-12(10)16-14(15)17(13(11)18)8-5-9-21(2,19)20/h4,6-7H,3,5,8-9H2,1-2H3. The Hall–Kier alpha value is -1.40. The monoisotopic (exact) mass is 328 g/mol. The molecule has 2 rings (SSSR count). The van der Waals surface area contributed by atoms with E-state index in [1.165, 1.54) is 10.8 Å². The van der Waals surface area contributed by atoms with Gasteiger partial charge >= 0.3 is 0 Å². The van der Waals surface area contributed by atoms with E-state index in [4.69, 9.17) is 11.6 Å². The first-order chi connectivity index (χ1) is 9.83. The molecule has 0 N–H and O–H groups in total. The fourth-order valence-electron chi connectivity index (χ4n) is 2.24. The SMILES string of the molecule is CCc1cccc2c(=O)n(CCCS(C)(=O)=O)c(Cl)nc12. The molecule has 0 bridgehead atoms. The van der Waals surface area contributed by atoms with Crippen LogP contribution in [0.3, 0.4) is 0 Å². The van der Waals surface area contributed by atoms with Crippen molar-refractivity contribution in [3.05, 3.63) is 39.4 Å². The third-order valence-electron chi connectivity index (χ3n) is 3.30. The zero-order valence-electron chi connectivity index (χ0n) is 12.0. The van der Waals surface area contributed by atoms with Crippen LogP contribution in [0.2, 0.25) is 5.28 Å². The van der Waals surface area contributed by atoms with E-state index in [0.717, 1.165) is 12.0 Å². The molecule has 0 saturated heterocycles. The number of hydrogen-bond donors (Lipinski definition) is 0. The van der Waals surface area contributed by atoms with Gasteiger partial charge in [0.05, 0.1) is 16.7 Å². The second kappa shape index (κ2) is 6.15. The first-order valence-electron chi connectivity index (χ1n) is 6.69. The van der Waals surface area contributed by atoms with Crippen LogP contribution in [-0.4, -0.2) is 30.0 Å². The molecule has 0 amide bonds. The van der Waals surface area contributed by atoms with Crippen molar-refractivity contribution in [2.24, 2.45) is 0 Å². The summed E-state index contributed by atoms with van der Waals surface area (Å²) in [5.41, 5.74) is 1.36. The van der Waals surface area contributed by atoms with Crippen LogP contribution in [0.25, 0.3) is 10.9 Å². The van der Waals surface area contributed by atoms with Crippen LogP contribution in [0.15, 0.2) is 23.0 Å². The second-order valence-electron chi connectivity index (χ2n) is 4.99. The molecule has 1 aromatic heterocycles. The predicted octanol–water partition coefficient (Wildman–Crippen LogP) is 2.05. The van der Waals surface area contributed by atoms with Gasteiger partial charge in [-0.05, 0) is 36.1 Å². The topological polar surface area (TPSA) is 69.0 Å². The molecular weight excluding hydrogens is 312 g/mol. The Balaban J connectivity index is 2.44. The van der Waals surface area contributed by atoms with Gasteiger partial charge < -0.3 is 0 Å². The van der Waals surface area contributed by atoms with Crippen molar-refractivity contribution < 1.29 is 8.42 Å². The number of aromatic nitrogens is 2. The minimum Gasteiger partial charge on any atom is -0.283 e. The van der Waals surface area contributed by atoms with E-state index in [1.54, 1.807) is 6.07 Å². The maximum atomic E-state index is 12.5. The highest BCUT2D eigenvalue weighted by Gasteiger charge is 2.12. The first kappa shape index (κ1) is 16.0. The Morgan fingerprint density at radius 3 is 2.67 bits per heavy atom. The number of para-hydroxylation sites is 1. The third-order valence-corrected chi connectivity index (χ3v) is 4.62. The van der Waals surface area contributed by atoms with Crippen molar-refractivity contribution in [3.63, 3.8) is 0 Å². The highest BCUT2D eigenvalue weighted by molar-refractivity contribution is 7.90. The molecule has 0 aliphatic rings. The van der Waals surface area contributed by atoms with E-state index in [9.17, 15) is 13.2 Å². The fraction of sp³-hybridized carbons (Fsp3) is 0.429. The maximum absolute atomic E-state index is 12.5. The van der Waals surface area contributed by atoms with Gasteiger partial charge in [0, 0.05) is 12.8 Å². The van der Waals surface area contributed by atoms with Crippen molar-refractivity contribution in [1.82, 2.24) is 9.55 Å². The van der Waals surface area contributed by atoms with Gasteiger partial charge in [-0.25, -0.2) is 13.4 Å². The summed E-state index contributed by atoms with van der Waals surface area (Å²) >= 11 is 6.09.